The van der Waals surface area contributed by atoms with Crippen LogP contribution in [0.4, 0.5) is 0 Å². The summed E-state index contributed by atoms with van der Waals surface area (Å²) in [6.45, 7) is 0. The molecule has 0 aliphatic heterocycles. The molecule has 0 bridgehead atoms. The van der Waals surface area contributed by atoms with Gasteiger partial charge in [-0.25, -0.2) is 4.98 Å². The Labute approximate surface area is 100 Å². The van der Waals surface area contributed by atoms with Gasteiger partial charge in [0.25, 0.3) is 0 Å². The number of hydrogen-bond acceptors (Lipinski definition) is 4. The Morgan fingerprint density at radius 1 is 1.44 bits per heavy atom. The molecule has 1 atom stereocenters. The van der Waals surface area contributed by atoms with E-state index < -0.39 is 0 Å². The Balaban J connectivity index is 1.97. The van der Waals surface area contributed by atoms with Gasteiger partial charge in [0.15, 0.2) is 0 Å². The van der Waals surface area contributed by atoms with Gasteiger partial charge < -0.3 is 10.5 Å². The molecule has 0 radical (unpaired) electrons. The van der Waals surface area contributed by atoms with Crippen LogP contribution in [0.2, 0.25) is 0 Å². The van der Waals surface area contributed by atoms with Crippen molar-refractivity contribution in [3.05, 3.63) is 15.6 Å². The summed E-state index contributed by atoms with van der Waals surface area (Å²) in [6, 6.07) is 0.155. The standard InChI is InChI=1S/C12H18N2OS/c1-15-12(6-3-7-12)11-14-10-8(13)4-2-5-9(10)16-11/h8H,2-7,13H2,1H3. The lowest BCUT2D eigenvalue weighted by atomic mass is 9.80. The second-order valence-corrected chi connectivity index (χ2v) is 5.96. The summed E-state index contributed by atoms with van der Waals surface area (Å²) in [6.07, 6.45) is 6.92. The van der Waals surface area contributed by atoms with Crippen LogP contribution in [0.5, 0.6) is 0 Å². The fraction of sp³-hybridized carbons (Fsp3) is 0.750. The quantitative estimate of drug-likeness (QED) is 0.861. The number of thiazole rings is 1. The van der Waals surface area contributed by atoms with Crippen LogP contribution in [0, 0.1) is 0 Å². The highest BCUT2D eigenvalue weighted by atomic mass is 32.1. The van der Waals surface area contributed by atoms with Gasteiger partial charge in [-0.15, -0.1) is 11.3 Å². The van der Waals surface area contributed by atoms with Crippen LogP contribution in [0.1, 0.15) is 53.7 Å². The van der Waals surface area contributed by atoms with E-state index in [0.29, 0.717) is 0 Å². The van der Waals surface area contributed by atoms with Crippen LogP contribution in [-0.2, 0) is 16.8 Å². The largest absolute Gasteiger partial charge is 0.371 e. The summed E-state index contributed by atoms with van der Waals surface area (Å²) in [7, 11) is 1.81. The number of ether oxygens (including phenoxy) is 1. The van der Waals surface area contributed by atoms with Crippen molar-refractivity contribution in [3.8, 4) is 0 Å². The molecule has 0 aromatic carbocycles. The molecule has 1 fully saturated rings. The summed E-state index contributed by atoms with van der Waals surface area (Å²) >= 11 is 1.83. The maximum absolute atomic E-state index is 6.11. The van der Waals surface area contributed by atoms with E-state index in [0.717, 1.165) is 31.4 Å². The molecule has 0 saturated heterocycles. The van der Waals surface area contributed by atoms with E-state index in [-0.39, 0.29) is 11.6 Å². The third kappa shape index (κ3) is 1.44. The van der Waals surface area contributed by atoms with Crippen molar-refractivity contribution in [3.63, 3.8) is 0 Å². The Bertz CT molecular complexity index is 392. The molecule has 1 saturated carbocycles. The number of methoxy groups -OCH3 is 1. The molecule has 2 aliphatic carbocycles. The number of hydrogen-bond donors (Lipinski definition) is 1. The predicted octanol–water partition coefficient (Wildman–Crippen LogP) is 2.50. The molecular weight excluding hydrogens is 220 g/mol. The zero-order valence-corrected chi connectivity index (χ0v) is 10.5. The van der Waals surface area contributed by atoms with Crippen LogP contribution < -0.4 is 5.73 Å². The highest BCUT2D eigenvalue weighted by Gasteiger charge is 2.42. The normalized spacial score (nSPS) is 27.2. The highest BCUT2D eigenvalue weighted by molar-refractivity contribution is 7.11. The number of nitrogens with two attached hydrogens (primary N) is 1. The average Bonchev–Trinajstić information content (AvgIpc) is 2.62. The SMILES string of the molecule is COC1(c2nc3c(s2)CCCC3N)CCC1. The summed E-state index contributed by atoms with van der Waals surface area (Å²) in [4.78, 5) is 6.17. The Morgan fingerprint density at radius 3 is 2.81 bits per heavy atom. The smallest absolute Gasteiger partial charge is 0.125 e. The third-order valence-electron chi connectivity index (χ3n) is 3.94. The fourth-order valence-corrected chi connectivity index (χ4v) is 4.05. The van der Waals surface area contributed by atoms with Crippen molar-refractivity contribution < 1.29 is 4.74 Å². The molecule has 4 heteroatoms. The number of fused-ring (bicyclic) bond motifs is 1. The zero-order valence-electron chi connectivity index (χ0n) is 9.66. The first kappa shape index (κ1) is 10.7. The molecule has 0 spiro atoms. The van der Waals surface area contributed by atoms with Gasteiger partial charge in [0.1, 0.15) is 10.6 Å². The van der Waals surface area contributed by atoms with Gasteiger partial charge in [-0.1, -0.05) is 0 Å². The molecule has 16 heavy (non-hydrogen) atoms. The summed E-state index contributed by atoms with van der Waals surface area (Å²) in [5.41, 5.74) is 7.19. The molecule has 2 N–H and O–H groups in total. The van der Waals surface area contributed by atoms with E-state index in [1.807, 2.05) is 11.3 Å². The first-order valence-corrected chi connectivity index (χ1v) is 6.88. The van der Waals surface area contributed by atoms with Crippen LogP contribution >= 0.6 is 11.3 Å². The monoisotopic (exact) mass is 238 g/mol. The Hall–Kier alpha value is -0.450. The van der Waals surface area contributed by atoms with Gasteiger partial charge in [0, 0.05) is 18.0 Å². The fourth-order valence-electron chi connectivity index (χ4n) is 2.65. The van der Waals surface area contributed by atoms with Crippen molar-refractivity contribution in [1.82, 2.24) is 4.98 Å². The van der Waals surface area contributed by atoms with Crippen molar-refractivity contribution >= 4 is 11.3 Å². The number of nitrogens with zero attached hydrogens (tertiary/aromatic N) is 1. The third-order valence-corrected chi connectivity index (χ3v) is 5.26. The molecule has 1 heterocycles. The van der Waals surface area contributed by atoms with Gasteiger partial charge in [0.2, 0.25) is 0 Å². The summed E-state index contributed by atoms with van der Waals surface area (Å²) in [5, 5.41) is 1.17. The maximum atomic E-state index is 6.11. The maximum Gasteiger partial charge on any atom is 0.125 e. The molecule has 3 rings (SSSR count). The molecule has 2 aliphatic rings. The molecule has 3 nitrogen and oxygen atoms in total. The number of rotatable bonds is 2. The van der Waals surface area contributed by atoms with Crippen LogP contribution in [-0.4, -0.2) is 12.1 Å². The first-order chi connectivity index (χ1) is 7.75. The van der Waals surface area contributed by atoms with Crippen LogP contribution in [0.3, 0.4) is 0 Å². The lowest BCUT2D eigenvalue weighted by Gasteiger charge is -2.38. The van der Waals surface area contributed by atoms with Crippen molar-refractivity contribution in [2.75, 3.05) is 7.11 Å². The van der Waals surface area contributed by atoms with Crippen molar-refractivity contribution in [1.29, 1.82) is 0 Å². The lowest BCUT2D eigenvalue weighted by Crippen LogP contribution is -2.36. The first-order valence-electron chi connectivity index (χ1n) is 6.06. The molecule has 1 unspecified atom stereocenters. The van der Waals surface area contributed by atoms with Gasteiger partial charge in [0.05, 0.1) is 5.69 Å². The van der Waals surface area contributed by atoms with E-state index in [1.165, 1.54) is 22.7 Å². The second-order valence-electron chi connectivity index (χ2n) is 4.88. The molecular formula is C12H18N2OS. The molecule has 1 aromatic heterocycles. The second kappa shape index (κ2) is 3.79. The topological polar surface area (TPSA) is 48.1 Å². The molecule has 88 valence electrons. The summed E-state index contributed by atoms with van der Waals surface area (Å²) < 4.78 is 5.68. The number of aromatic nitrogens is 1. The van der Waals surface area contributed by atoms with E-state index in [1.54, 1.807) is 7.11 Å². The highest BCUT2D eigenvalue weighted by Crippen LogP contribution is 2.47. The minimum atomic E-state index is -0.0677. The van der Waals surface area contributed by atoms with Crippen LogP contribution in [0.15, 0.2) is 0 Å². The van der Waals surface area contributed by atoms with Gasteiger partial charge in [-0.05, 0) is 38.5 Å². The van der Waals surface area contributed by atoms with Crippen molar-refractivity contribution in [2.24, 2.45) is 5.73 Å². The molecule has 0 amide bonds. The van der Waals surface area contributed by atoms with E-state index in [2.05, 4.69) is 0 Å². The Kier molecular flexibility index (Phi) is 2.53. The average molecular weight is 238 g/mol. The van der Waals surface area contributed by atoms with Gasteiger partial charge in [-0.2, -0.15) is 0 Å². The lowest BCUT2D eigenvalue weighted by molar-refractivity contribution is -0.0780. The van der Waals surface area contributed by atoms with Gasteiger partial charge in [-0.3, -0.25) is 0 Å². The minimum absolute atomic E-state index is 0.0677. The zero-order chi connectivity index (χ0) is 11.2. The predicted molar refractivity (Wildman–Crippen MR) is 64.5 cm³/mol. The Morgan fingerprint density at radius 2 is 2.25 bits per heavy atom. The van der Waals surface area contributed by atoms with E-state index in [4.69, 9.17) is 15.5 Å². The minimum Gasteiger partial charge on any atom is -0.371 e. The molecule has 1 aromatic rings. The van der Waals surface area contributed by atoms with E-state index in [9.17, 15) is 0 Å². The van der Waals surface area contributed by atoms with E-state index >= 15 is 0 Å². The van der Waals surface area contributed by atoms with Gasteiger partial charge >= 0.3 is 0 Å². The van der Waals surface area contributed by atoms with Crippen molar-refractivity contribution in [2.45, 2.75) is 50.2 Å². The summed E-state index contributed by atoms with van der Waals surface area (Å²) in [5.74, 6) is 0. The number of aryl methyl sites for hydroxylation is 1. The van der Waals surface area contributed by atoms with Crippen LogP contribution in [0.25, 0.3) is 0 Å².